The molecule has 0 heterocycles. The zero-order valence-electron chi connectivity index (χ0n) is 11.7. The summed E-state index contributed by atoms with van der Waals surface area (Å²) >= 11 is -2.43. The number of hydrogen-bond acceptors (Lipinski definition) is 3. The van der Waals surface area contributed by atoms with Gasteiger partial charge in [0.05, 0.1) is 0 Å². The van der Waals surface area contributed by atoms with E-state index < -0.39 is 15.8 Å². The molecule has 0 aromatic rings. The van der Waals surface area contributed by atoms with Crippen LogP contribution in [0.15, 0.2) is 0 Å². The quantitative estimate of drug-likeness (QED) is 0.345. The zero-order chi connectivity index (χ0) is 14.6. The fraction of sp³-hybridized carbons (Fsp3) is 0.857. The first-order valence-electron chi connectivity index (χ1n) is 7.48. The molecule has 6 heteroatoms. The Hall–Kier alpha value is -0.840. The van der Waals surface area contributed by atoms with Gasteiger partial charge in [-0.15, -0.1) is 0 Å². The van der Waals surface area contributed by atoms with Crippen molar-refractivity contribution in [1.82, 2.24) is 0 Å². The Bertz CT molecular complexity index is 445. The van der Waals surface area contributed by atoms with Gasteiger partial charge in [0, 0.05) is 5.92 Å². The van der Waals surface area contributed by atoms with E-state index in [0.29, 0.717) is 12.8 Å². The fourth-order valence-electron chi connectivity index (χ4n) is 3.53. The topological polar surface area (TPSA) is 93.6 Å². The monoisotopic (exact) mass is 297 g/mol. The van der Waals surface area contributed by atoms with Crippen molar-refractivity contribution in [3.05, 3.63) is 5.53 Å². The molecule has 0 bridgehead atoms. The van der Waals surface area contributed by atoms with Crippen molar-refractivity contribution in [2.75, 3.05) is 0 Å². The lowest BCUT2D eigenvalue weighted by atomic mass is 9.77. The van der Waals surface area contributed by atoms with Gasteiger partial charge in [0.25, 0.3) is 0 Å². The summed E-state index contributed by atoms with van der Waals surface area (Å²) in [7, 11) is 0. The molecular weight excluding hydrogens is 276 g/mol. The van der Waals surface area contributed by atoms with Crippen molar-refractivity contribution in [2.24, 2.45) is 5.92 Å². The highest BCUT2D eigenvalue weighted by molar-refractivity contribution is 7.81. The predicted octanol–water partition coefficient (Wildman–Crippen LogP) is 2.39. The van der Waals surface area contributed by atoms with E-state index in [1.54, 1.807) is 0 Å². The molecule has 0 N–H and O–H groups in total. The van der Waals surface area contributed by atoms with Gasteiger partial charge >= 0.3 is 5.71 Å². The van der Waals surface area contributed by atoms with Crippen molar-refractivity contribution in [3.8, 4) is 0 Å². The Balaban J connectivity index is 2.27. The third-order valence-corrected chi connectivity index (χ3v) is 5.96. The highest BCUT2D eigenvalue weighted by Crippen LogP contribution is 2.36. The van der Waals surface area contributed by atoms with Crippen LogP contribution < -0.4 is 0 Å². The van der Waals surface area contributed by atoms with Crippen molar-refractivity contribution in [1.29, 1.82) is 0 Å². The molecule has 2 saturated carbocycles. The molecule has 0 aliphatic heterocycles. The number of Topliss-reactive ketones (excluding diaryl/α,β-unsaturated/α-hetero) is 1. The van der Waals surface area contributed by atoms with Gasteiger partial charge in [-0.1, -0.05) is 38.5 Å². The third kappa shape index (κ3) is 2.92. The molecule has 0 spiro atoms. The summed E-state index contributed by atoms with van der Waals surface area (Å²) < 4.78 is 22.2. The summed E-state index contributed by atoms with van der Waals surface area (Å²) in [6, 6.07) is 0. The summed E-state index contributed by atoms with van der Waals surface area (Å²) in [4.78, 5) is 15.7. The van der Waals surface area contributed by atoms with Gasteiger partial charge < -0.3 is 10.1 Å². The van der Waals surface area contributed by atoms with Crippen LogP contribution in [0.1, 0.15) is 64.2 Å². The molecule has 112 valence electrons. The molecule has 20 heavy (non-hydrogen) atoms. The molecule has 0 saturated heterocycles. The standard InChI is InChI=1S/C14H22N2O3S/c15-16-13(12(17)11-7-3-1-4-8-11)14(20(18)19)9-5-2-6-10-14/h11H,1-10H2,(H,18,19)/p-1. The molecule has 1 unspecified atom stereocenters. The van der Waals surface area contributed by atoms with Crippen LogP contribution in [-0.4, -0.2) is 29.8 Å². The number of carbonyl (C=O) groups excluding carboxylic acids is 1. The van der Waals surface area contributed by atoms with E-state index in [1.807, 2.05) is 0 Å². The van der Waals surface area contributed by atoms with Crippen LogP contribution in [-0.2, 0) is 15.9 Å². The lowest BCUT2D eigenvalue weighted by molar-refractivity contribution is -0.122. The minimum Gasteiger partial charge on any atom is -0.771 e. The average Bonchev–Trinajstić information content (AvgIpc) is 2.49. The van der Waals surface area contributed by atoms with Gasteiger partial charge in [0.1, 0.15) is 4.75 Å². The summed E-state index contributed by atoms with van der Waals surface area (Å²) in [5.74, 6) is -0.421. The number of nitrogens with zero attached hydrogens (tertiary/aromatic N) is 2. The van der Waals surface area contributed by atoms with E-state index >= 15 is 0 Å². The Kier molecular flexibility index (Phi) is 5.24. The Morgan fingerprint density at radius 2 is 1.65 bits per heavy atom. The van der Waals surface area contributed by atoms with Gasteiger partial charge in [-0.25, -0.2) is 0 Å². The lowest BCUT2D eigenvalue weighted by Gasteiger charge is -2.35. The third-order valence-electron chi connectivity index (χ3n) is 4.72. The van der Waals surface area contributed by atoms with Crippen LogP contribution in [0.3, 0.4) is 0 Å². The van der Waals surface area contributed by atoms with E-state index in [9.17, 15) is 19.1 Å². The molecule has 2 aliphatic carbocycles. The molecule has 0 aromatic carbocycles. The van der Waals surface area contributed by atoms with E-state index in [-0.39, 0.29) is 17.4 Å². The smallest absolute Gasteiger partial charge is 0.351 e. The maximum absolute atomic E-state index is 12.6. The second kappa shape index (κ2) is 6.74. The Morgan fingerprint density at radius 3 is 2.15 bits per heavy atom. The fourth-order valence-corrected chi connectivity index (χ4v) is 4.45. The van der Waals surface area contributed by atoms with Gasteiger partial charge in [-0.2, -0.15) is 4.79 Å². The number of ketones is 1. The van der Waals surface area contributed by atoms with E-state index in [4.69, 9.17) is 0 Å². The minimum absolute atomic E-state index is 0.113. The molecule has 2 aliphatic rings. The molecule has 2 rings (SSSR count). The first-order chi connectivity index (χ1) is 9.62. The predicted molar refractivity (Wildman–Crippen MR) is 74.9 cm³/mol. The van der Waals surface area contributed by atoms with E-state index in [1.165, 1.54) is 0 Å². The first kappa shape index (κ1) is 15.5. The minimum atomic E-state index is -2.43. The normalized spacial score (nSPS) is 24.6. The van der Waals surface area contributed by atoms with Crippen molar-refractivity contribution >= 4 is 22.6 Å². The molecule has 0 radical (unpaired) electrons. The van der Waals surface area contributed by atoms with Crippen LogP contribution in [0.5, 0.6) is 0 Å². The van der Waals surface area contributed by atoms with Gasteiger partial charge in [0.15, 0.2) is 0 Å². The summed E-state index contributed by atoms with van der Waals surface area (Å²) in [6.45, 7) is 0. The Labute approximate surface area is 122 Å². The molecular formula is C14H21N2O3S-. The molecule has 2 fully saturated rings. The lowest BCUT2D eigenvalue weighted by Crippen LogP contribution is -2.50. The number of hydrogen-bond donors (Lipinski definition) is 0. The van der Waals surface area contributed by atoms with Gasteiger partial charge in [0.2, 0.25) is 5.78 Å². The summed E-state index contributed by atoms with van der Waals surface area (Å²) in [6.07, 6.45) is 7.91. The average molecular weight is 297 g/mol. The van der Waals surface area contributed by atoms with Crippen molar-refractivity contribution < 1.29 is 18.3 Å². The molecule has 0 amide bonds. The SMILES string of the molecule is [N-]=[N+]=C(C(=O)C1CCCCC1)C1(S(=O)[O-])CCCCC1. The van der Waals surface area contributed by atoms with Crippen LogP contribution in [0.25, 0.3) is 5.53 Å². The van der Waals surface area contributed by atoms with Crippen LogP contribution in [0.2, 0.25) is 0 Å². The second-order valence-electron chi connectivity index (χ2n) is 5.94. The maximum atomic E-state index is 12.6. The maximum Gasteiger partial charge on any atom is 0.351 e. The highest BCUT2D eigenvalue weighted by Gasteiger charge is 2.50. The van der Waals surface area contributed by atoms with Crippen LogP contribution >= 0.6 is 0 Å². The van der Waals surface area contributed by atoms with Gasteiger partial charge in [-0.05, 0) is 36.8 Å². The first-order valence-corrected chi connectivity index (χ1v) is 8.55. The van der Waals surface area contributed by atoms with Gasteiger partial charge in [-0.3, -0.25) is 9.00 Å². The summed E-state index contributed by atoms with van der Waals surface area (Å²) in [5, 5.41) is 0. The van der Waals surface area contributed by atoms with Crippen LogP contribution in [0, 0.1) is 5.92 Å². The molecule has 0 aromatic heterocycles. The number of rotatable bonds is 4. The number of carbonyl (C=O) groups is 1. The van der Waals surface area contributed by atoms with Crippen molar-refractivity contribution in [2.45, 2.75) is 69.0 Å². The molecule has 1 atom stereocenters. The second-order valence-corrected chi connectivity index (χ2v) is 7.19. The summed E-state index contributed by atoms with van der Waals surface area (Å²) in [5.41, 5.74) is 9.17. The largest absolute Gasteiger partial charge is 0.771 e. The Morgan fingerprint density at radius 1 is 1.10 bits per heavy atom. The highest BCUT2D eigenvalue weighted by atomic mass is 32.2. The van der Waals surface area contributed by atoms with Crippen molar-refractivity contribution in [3.63, 3.8) is 0 Å². The van der Waals surface area contributed by atoms with E-state index in [0.717, 1.165) is 51.4 Å². The van der Waals surface area contributed by atoms with Crippen LogP contribution in [0.4, 0.5) is 0 Å². The molecule has 5 nitrogen and oxygen atoms in total. The van der Waals surface area contributed by atoms with E-state index in [2.05, 4.69) is 4.79 Å². The zero-order valence-corrected chi connectivity index (χ0v) is 12.5.